The van der Waals surface area contributed by atoms with Crippen molar-refractivity contribution in [3.8, 4) is 22.8 Å². The molecule has 1 amide bonds. The van der Waals surface area contributed by atoms with Gasteiger partial charge in [-0.25, -0.2) is 0 Å². The van der Waals surface area contributed by atoms with Gasteiger partial charge in [-0.3, -0.25) is 9.36 Å². The molecule has 8 heteroatoms. The van der Waals surface area contributed by atoms with Gasteiger partial charge in [0.05, 0.1) is 17.4 Å². The summed E-state index contributed by atoms with van der Waals surface area (Å²) in [5.41, 5.74) is 3.65. The van der Waals surface area contributed by atoms with Crippen LogP contribution in [0, 0.1) is 0 Å². The smallest absolute Gasteiger partial charge is 0.234 e. The molecular weight excluding hydrogens is 492 g/mol. The van der Waals surface area contributed by atoms with Crippen LogP contribution in [0.2, 0.25) is 5.02 Å². The molecule has 1 aromatic heterocycles. The molecule has 36 heavy (non-hydrogen) atoms. The molecule has 186 valence electrons. The van der Waals surface area contributed by atoms with E-state index in [1.54, 1.807) is 0 Å². The maximum absolute atomic E-state index is 12.7. The number of ether oxygens (including phenoxy) is 1. The largest absolute Gasteiger partial charge is 0.494 e. The number of benzene rings is 3. The number of anilines is 1. The number of aromatic nitrogens is 3. The third-order valence-electron chi connectivity index (χ3n) is 5.86. The van der Waals surface area contributed by atoms with Crippen LogP contribution in [0.3, 0.4) is 0 Å². The van der Waals surface area contributed by atoms with Gasteiger partial charge in [0.25, 0.3) is 0 Å². The van der Waals surface area contributed by atoms with E-state index in [0.717, 1.165) is 29.1 Å². The number of amides is 1. The number of hydrogen-bond acceptors (Lipinski definition) is 5. The number of thioether (sulfide) groups is 1. The van der Waals surface area contributed by atoms with Crippen LogP contribution in [-0.2, 0) is 4.79 Å². The van der Waals surface area contributed by atoms with E-state index in [9.17, 15) is 4.79 Å². The van der Waals surface area contributed by atoms with Crippen molar-refractivity contribution in [2.24, 2.45) is 0 Å². The lowest BCUT2D eigenvalue weighted by Crippen LogP contribution is -2.14. The number of carbonyl (C=O) groups excluding carboxylic acids is 1. The Hall–Kier alpha value is -3.29. The van der Waals surface area contributed by atoms with E-state index in [-0.39, 0.29) is 11.7 Å². The van der Waals surface area contributed by atoms with Crippen LogP contribution < -0.4 is 10.1 Å². The number of carbonyl (C=O) groups is 1. The zero-order valence-electron chi connectivity index (χ0n) is 20.6. The predicted molar refractivity (Wildman–Crippen MR) is 147 cm³/mol. The third kappa shape index (κ3) is 6.09. The normalized spacial score (nSPS) is 11.8. The molecule has 0 radical (unpaired) electrons. The number of nitrogens with zero attached hydrogens (tertiary/aromatic N) is 3. The fourth-order valence-corrected chi connectivity index (χ4v) is 4.70. The molecule has 6 nitrogen and oxygen atoms in total. The van der Waals surface area contributed by atoms with Crippen molar-refractivity contribution in [2.75, 3.05) is 17.7 Å². The fraction of sp³-hybridized carbons (Fsp3) is 0.250. The van der Waals surface area contributed by atoms with Crippen molar-refractivity contribution < 1.29 is 9.53 Å². The van der Waals surface area contributed by atoms with E-state index in [1.807, 2.05) is 72.2 Å². The van der Waals surface area contributed by atoms with Crippen LogP contribution in [0.25, 0.3) is 17.1 Å². The first kappa shape index (κ1) is 25.8. The van der Waals surface area contributed by atoms with Crippen LogP contribution in [0.5, 0.6) is 5.75 Å². The molecular formula is C28H29ClN4O2S. The Morgan fingerprint density at radius 3 is 2.42 bits per heavy atom. The zero-order chi connectivity index (χ0) is 25.5. The first-order valence-corrected chi connectivity index (χ1v) is 13.3. The molecule has 0 saturated carbocycles. The highest BCUT2D eigenvalue weighted by molar-refractivity contribution is 7.99. The van der Waals surface area contributed by atoms with Crippen LogP contribution in [0.4, 0.5) is 5.69 Å². The summed E-state index contributed by atoms with van der Waals surface area (Å²) < 4.78 is 7.50. The van der Waals surface area contributed by atoms with Crippen LogP contribution >= 0.6 is 23.4 Å². The lowest BCUT2D eigenvalue weighted by molar-refractivity contribution is -0.113. The number of nitrogens with one attached hydrogen (secondary N) is 1. The molecule has 3 aromatic carbocycles. The van der Waals surface area contributed by atoms with Crippen LogP contribution in [-0.4, -0.2) is 33.0 Å². The molecule has 0 aliphatic rings. The topological polar surface area (TPSA) is 69.0 Å². The van der Waals surface area contributed by atoms with Gasteiger partial charge in [0.15, 0.2) is 11.0 Å². The number of halogens is 1. The summed E-state index contributed by atoms with van der Waals surface area (Å²) >= 11 is 7.80. The highest BCUT2D eigenvalue weighted by atomic mass is 35.5. The molecule has 0 fully saturated rings. The maximum atomic E-state index is 12.7. The second-order valence-electron chi connectivity index (χ2n) is 8.32. The summed E-state index contributed by atoms with van der Waals surface area (Å²) in [5.74, 6) is 1.95. The maximum Gasteiger partial charge on any atom is 0.234 e. The summed E-state index contributed by atoms with van der Waals surface area (Å²) in [6.07, 6.45) is 1.08. The van der Waals surface area contributed by atoms with Gasteiger partial charge in [0, 0.05) is 16.9 Å². The Bertz CT molecular complexity index is 1310. The van der Waals surface area contributed by atoms with Gasteiger partial charge in [-0.15, -0.1) is 10.2 Å². The highest BCUT2D eigenvalue weighted by Crippen LogP contribution is 2.32. The van der Waals surface area contributed by atoms with Gasteiger partial charge >= 0.3 is 0 Å². The standard InChI is InChI=1S/C28H29ClN4O2S/c1-4-19(3)20-10-12-21(13-11-20)30-26(34)18-36-28-32-31-27(24-8-6-7-9-25(24)29)33(28)22-14-16-23(17-15-22)35-5-2/h6-17,19H,4-5,18H2,1-3H3,(H,30,34). The first-order valence-electron chi connectivity index (χ1n) is 12.0. The Morgan fingerprint density at radius 2 is 1.75 bits per heavy atom. The second kappa shape index (κ2) is 12.1. The zero-order valence-corrected chi connectivity index (χ0v) is 22.1. The molecule has 1 N–H and O–H groups in total. The number of hydrogen-bond donors (Lipinski definition) is 1. The Balaban J connectivity index is 1.55. The third-order valence-corrected chi connectivity index (χ3v) is 7.12. The summed E-state index contributed by atoms with van der Waals surface area (Å²) in [4.78, 5) is 12.7. The Morgan fingerprint density at radius 1 is 1.03 bits per heavy atom. The molecule has 1 heterocycles. The van der Waals surface area contributed by atoms with Gasteiger partial charge in [0.2, 0.25) is 5.91 Å². The van der Waals surface area contributed by atoms with Gasteiger partial charge in [-0.1, -0.05) is 61.5 Å². The average molecular weight is 521 g/mol. The molecule has 1 atom stereocenters. The molecule has 0 aliphatic carbocycles. The highest BCUT2D eigenvalue weighted by Gasteiger charge is 2.19. The molecule has 4 rings (SSSR count). The van der Waals surface area contributed by atoms with Crippen molar-refractivity contribution in [1.82, 2.24) is 14.8 Å². The lowest BCUT2D eigenvalue weighted by Gasteiger charge is -2.12. The van der Waals surface area contributed by atoms with Gasteiger partial charge in [-0.2, -0.15) is 0 Å². The van der Waals surface area contributed by atoms with E-state index in [2.05, 4.69) is 41.5 Å². The van der Waals surface area contributed by atoms with Crippen LogP contribution in [0.1, 0.15) is 38.7 Å². The van der Waals surface area contributed by atoms with E-state index < -0.39 is 0 Å². The molecule has 0 aliphatic heterocycles. The molecule has 0 spiro atoms. The monoisotopic (exact) mass is 520 g/mol. The minimum absolute atomic E-state index is 0.114. The van der Waals surface area contributed by atoms with Crippen LogP contribution in [0.15, 0.2) is 78.0 Å². The fourth-order valence-electron chi connectivity index (χ4n) is 3.73. The lowest BCUT2D eigenvalue weighted by atomic mass is 9.99. The summed E-state index contributed by atoms with van der Waals surface area (Å²) in [7, 11) is 0. The van der Waals surface area contributed by atoms with E-state index in [0.29, 0.717) is 28.5 Å². The van der Waals surface area contributed by atoms with Crippen molar-refractivity contribution in [1.29, 1.82) is 0 Å². The summed E-state index contributed by atoms with van der Waals surface area (Å²) in [6.45, 7) is 6.90. The van der Waals surface area contributed by atoms with Crippen molar-refractivity contribution >= 4 is 35.0 Å². The van der Waals surface area contributed by atoms with Gasteiger partial charge in [-0.05, 0) is 73.4 Å². The van der Waals surface area contributed by atoms with Crippen molar-refractivity contribution in [3.63, 3.8) is 0 Å². The molecule has 4 aromatic rings. The molecule has 1 unspecified atom stereocenters. The minimum Gasteiger partial charge on any atom is -0.494 e. The quantitative estimate of drug-likeness (QED) is 0.223. The van der Waals surface area contributed by atoms with E-state index in [1.165, 1.54) is 17.3 Å². The average Bonchev–Trinajstić information content (AvgIpc) is 3.32. The molecule has 0 bridgehead atoms. The van der Waals surface area contributed by atoms with Gasteiger partial charge < -0.3 is 10.1 Å². The van der Waals surface area contributed by atoms with E-state index in [4.69, 9.17) is 16.3 Å². The molecule has 0 saturated heterocycles. The first-order chi connectivity index (χ1) is 17.5. The van der Waals surface area contributed by atoms with Crippen molar-refractivity contribution in [3.05, 3.63) is 83.4 Å². The summed E-state index contributed by atoms with van der Waals surface area (Å²) in [6, 6.07) is 23.2. The predicted octanol–water partition coefficient (Wildman–Crippen LogP) is 7.23. The van der Waals surface area contributed by atoms with E-state index >= 15 is 0 Å². The Labute approximate surface area is 221 Å². The number of rotatable bonds is 10. The minimum atomic E-state index is -0.114. The second-order valence-corrected chi connectivity index (χ2v) is 9.67. The van der Waals surface area contributed by atoms with Crippen molar-refractivity contribution in [2.45, 2.75) is 38.3 Å². The summed E-state index contributed by atoms with van der Waals surface area (Å²) in [5, 5.41) is 13.0. The van der Waals surface area contributed by atoms with Gasteiger partial charge in [0.1, 0.15) is 5.75 Å². The Kier molecular flexibility index (Phi) is 8.67. The SMILES string of the molecule is CCOc1ccc(-n2c(SCC(=O)Nc3ccc(C(C)CC)cc3)nnc2-c2ccccc2Cl)cc1.